The SMILES string of the molecule is COc1cn(C(C(=O)Nc2ccn3ncc(C(N)=O)c3c2)C(C)CCCNC(=O)OC(C)(C)C)c(=O)cc1-c1cc(Cl)ccc1C#N. The number of nitrogens with zero attached hydrogens (tertiary/aromatic N) is 4. The zero-order valence-electron chi connectivity index (χ0n) is 26.7. The highest BCUT2D eigenvalue weighted by Crippen LogP contribution is 2.34. The van der Waals surface area contributed by atoms with E-state index in [-0.39, 0.29) is 23.4 Å². The van der Waals surface area contributed by atoms with E-state index in [9.17, 15) is 24.4 Å². The van der Waals surface area contributed by atoms with Crippen molar-refractivity contribution in [3.8, 4) is 22.9 Å². The van der Waals surface area contributed by atoms with E-state index < -0.39 is 41.0 Å². The number of hydrogen-bond acceptors (Lipinski definition) is 8. The molecule has 0 aliphatic rings. The molecule has 14 heteroatoms. The van der Waals surface area contributed by atoms with Crippen molar-refractivity contribution in [2.45, 2.75) is 52.2 Å². The highest BCUT2D eigenvalue weighted by Gasteiger charge is 2.30. The predicted octanol–water partition coefficient (Wildman–Crippen LogP) is 4.92. The highest BCUT2D eigenvalue weighted by molar-refractivity contribution is 6.31. The fourth-order valence-corrected chi connectivity index (χ4v) is 5.34. The lowest BCUT2D eigenvalue weighted by molar-refractivity contribution is -0.120. The van der Waals surface area contributed by atoms with Gasteiger partial charge in [-0.1, -0.05) is 18.5 Å². The molecule has 4 rings (SSSR count). The molecule has 0 radical (unpaired) electrons. The minimum Gasteiger partial charge on any atom is -0.495 e. The van der Waals surface area contributed by atoms with Crippen molar-refractivity contribution in [2.24, 2.45) is 11.7 Å². The Labute approximate surface area is 276 Å². The van der Waals surface area contributed by atoms with Gasteiger partial charge in [0.25, 0.3) is 11.5 Å². The third kappa shape index (κ3) is 8.28. The predicted molar refractivity (Wildman–Crippen MR) is 176 cm³/mol. The molecule has 0 spiro atoms. The monoisotopic (exact) mass is 661 g/mol. The number of nitrogens with two attached hydrogens (primary N) is 1. The summed E-state index contributed by atoms with van der Waals surface area (Å²) in [6.45, 7) is 7.40. The van der Waals surface area contributed by atoms with E-state index in [2.05, 4.69) is 21.8 Å². The molecule has 0 bridgehead atoms. The maximum Gasteiger partial charge on any atom is 0.407 e. The standard InChI is InChI=1S/C33H36ClN7O6/c1-19(7-6-11-37-32(45)47-33(2,3)4)29(31(44)39-22-10-12-41-26(14-22)25(17-38-41)30(36)43)40-18-27(46-5)24(15-28(40)42)23-13-21(34)9-8-20(23)16-35/h8-10,12-15,17-19,29H,6-7,11H2,1-5H3,(H2,36,43)(H,37,45)(H,39,44). The zero-order chi connectivity index (χ0) is 34.5. The van der Waals surface area contributed by atoms with Gasteiger partial charge in [0, 0.05) is 40.6 Å². The van der Waals surface area contributed by atoms with Crippen molar-refractivity contribution >= 4 is 40.7 Å². The van der Waals surface area contributed by atoms with Crippen molar-refractivity contribution in [3.05, 3.63) is 81.5 Å². The van der Waals surface area contributed by atoms with Crippen molar-refractivity contribution in [2.75, 3.05) is 19.0 Å². The molecule has 4 aromatic rings. The Kier molecular flexibility index (Phi) is 10.6. The molecule has 2 atom stereocenters. The number of nitrogens with one attached hydrogen (secondary N) is 2. The Bertz CT molecular complexity index is 1920. The number of primary amides is 1. The molecular weight excluding hydrogens is 626 g/mol. The van der Waals surface area contributed by atoms with Gasteiger partial charge in [0.1, 0.15) is 17.4 Å². The zero-order valence-corrected chi connectivity index (χ0v) is 27.4. The minimum absolute atomic E-state index is 0.179. The average molecular weight is 662 g/mol. The first-order valence-corrected chi connectivity index (χ1v) is 15.1. The molecule has 3 heterocycles. The van der Waals surface area contributed by atoms with Gasteiger partial charge < -0.3 is 25.8 Å². The third-order valence-electron chi connectivity index (χ3n) is 7.32. The van der Waals surface area contributed by atoms with Gasteiger partial charge in [-0.05, 0) is 69.9 Å². The molecular formula is C33H36ClN7O6. The molecule has 4 N–H and O–H groups in total. The molecule has 1 aromatic carbocycles. The smallest absolute Gasteiger partial charge is 0.407 e. The number of benzene rings is 1. The second-order valence-electron chi connectivity index (χ2n) is 12.0. The van der Waals surface area contributed by atoms with Gasteiger partial charge in [0.2, 0.25) is 5.91 Å². The van der Waals surface area contributed by atoms with Crippen LogP contribution in [0, 0.1) is 17.2 Å². The Morgan fingerprint density at radius 2 is 1.89 bits per heavy atom. The maximum atomic E-state index is 14.0. The summed E-state index contributed by atoms with van der Waals surface area (Å²) >= 11 is 6.22. The number of aromatic nitrogens is 3. The number of nitriles is 1. The second kappa shape index (κ2) is 14.4. The van der Waals surface area contributed by atoms with Crippen LogP contribution in [0.1, 0.15) is 62.5 Å². The molecule has 0 fully saturated rings. The molecule has 3 aromatic heterocycles. The summed E-state index contributed by atoms with van der Waals surface area (Å²) in [6.07, 6.45) is 4.70. The number of ether oxygens (including phenoxy) is 2. The highest BCUT2D eigenvalue weighted by atomic mass is 35.5. The van der Waals surface area contributed by atoms with Crippen LogP contribution in [0.5, 0.6) is 5.75 Å². The normalized spacial score (nSPS) is 12.5. The molecule has 0 saturated carbocycles. The van der Waals surface area contributed by atoms with E-state index in [1.807, 2.05) is 6.92 Å². The Balaban J connectivity index is 1.69. The summed E-state index contributed by atoms with van der Waals surface area (Å²) in [5.41, 5.74) is 6.27. The van der Waals surface area contributed by atoms with Gasteiger partial charge in [0.05, 0.1) is 42.2 Å². The Hall–Kier alpha value is -5.35. The van der Waals surface area contributed by atoms with Crippen molar-refractivity contribution in [3.63, 3.8) is 0 Å². The first-order valence-electron chi connectivity index (χ1n) is 14.8. The van der Waals surface area contributed by atoms with Crippen LogP contribution in [0.15, 0.2) is 59.8 Å². The number of amides is 3. The van der Waals surface area contributed by atoms with Crippen molar-refractivity contribution in [1.82, 2.24) is 19.5 Å². The van der Waals surface area contributed by atoms with Gasteiger partial charge in [0.15, 0.2) is 0 Å². The minimum atomic E-state index is -1.04. The van der Waals surface area contributed by atoms with Gasteiger partial charge in [-0.15, -0.1) is 0 Å². The molecule has 0 aliphatic heterocycles. The van der Waals surface area contributed by atoms with Crippen LogP contribution in [0.3, 0.4) is 0 Å². The molecule has 246 valence electrons. The van der Waals surface area contributed by atoms with Crippen molar-refractivity contribution in [1.29, 1.82) is 5.26 Å². The van der Waals surface area contributed by atoms with E-state index in [1.54, 1.807) is 57.3 Å². The summed E-state index contributed by atoms with van der Waals surface area (Å²) in [5, 5.41) is 19.7. The fraction of sp³-hybridized carbons (Fsp3) is 0.333. The van der Waals surface area contributed by atoms with Crippen LogP contribution in [0.25, 0.3) is 16.6 Å². The van der Waals surface area contributed by atoms with E-state index in [1.165, 1.54) is 34.7 Å². The number of carbonyl (C=O) groups excluding carboxylic acids is 3. The van der Waals surface area contributed by atoms with Crippen LogP contribution in [-0.4, -0.2) is 51.3 Å². The number of hydrogen-bond donors (Lipinski definition) is 3. The average Bonchev–Trinajstić information content (AvgIpc) is 3.43. The van der Waals surface area contributed by atoms with Gasteiger partial charge in [-0.25, -0.2) is 9.31 Å². The largest absolute Gasteiger partial charge is 0.495 e. The lowest BCUT2D eigenvalue weighted by Gasteiger charge is -2.27. The summed E-state index contributed by atoms with van der Waals surface area (Å²) in [7, 11) is 1.42. The topological polar surface area (TPSA) is 183 Å². The number of carbonyl (C=O) groups is 3. The maximum absolute atomic E-state index is 14.0. The number of halogens is 1. The number of alkyl carbamates (subject to hydrolysis) is 1. The van der Waals surface area contributed by atoms with E-state index in [0.717, 1.165) is 0 Å². The van der Waals surface area contributed by atoms with E-state index in [4.69, 9.17) is 26.8 Å². The van der Waals surface area contributed by atoms with Gasteiger partial charge in [-0.3, -0.25) is 19.0 Å². The van der Waals surface area contributed by atoms with Crippen LogP contribution >= 0.6 is 11.6 Å². The fourth-order valence-electron chi connectivity index (χ4n) is 5.17. The van der Waals surface area contributed by atoms with Gasteiger partial charge >= 0.3 is 6.09 Å². The third-order valence-corrected chi connectivity index (χ3v) is 7.56. The lowest BCUT2D eigenvalue weighted by atomic mass is 9.94. The summed E-state index contributed by atoms with van der Waals surface area (Å²) < 4.78 is 13.7. The number of anilines is 1. The summed E-state index contributed by atoms with van der Waals surface area (Å²) in [4.78, 5) is 51.8. The van der Waals surface area contributed by atoms with Gasteiger partial charge in [-0.2, -0.15) is 10.4 Å². The van der Waals surface area contributed by atoms with Crippen LogP contribution in [0.4, 0.5) is 10.5 Å². The number of pyridine rings is 2. The van der Waals surface area contributed by atoms with Crippen LogP contribution < -0.4 is 26.7 Å². The number of methoxy groups -OCH3 is 1. The number of rotatable bonds is 11. The quantitative estimate of drug-likeness (QED) is 0.189. The first kappa shape index (κ1) is 34.5. The Morgan fingerprint density at radius 1 is 1.15 bits per heavy atom. The first-order chi connectivity index (χ1) is 22.2. The summed E-state index contributed by atoms with van der Waals surface area (Å²) in [5.74, 6) is -1.37. The molecule has 0 aliphatic carbocycles. The van der Waals surface area contributed by atoms with Crippen LogP contribution in [0.2, 0.25) is 5.02 Å². The van der Waals surface area contributed by atoms with Crippen molar-refractivity contribution < 1.29 is 23.9 Å². The molecule has 47 heavy (non-hydrogen) atoms. The Morgan fingerprint density at radius 3 is 2.55 bits per heavy atom. The van der Waals surface area contributed by atoms with Crippen LogP contribution in [-0.2, 0) is 9.53 Å². The van der Waals surface area contributed by atoms with E-state index in [0.29, 0.717) is 40.2 Å². The van der Waals surface area contributed by atoms with E-state index >= 15 is 0 Å². The molecule has 0 saturated heterocycles. The molecule has 3 amide bonds. The second-order valence-corrected chi connectivity index (χ2v) is 12.4. The lowest BCUT2D eigenvalue weighted by Crippen LogP contribution is -2.37. The number of fused-ring (bicyclic) bond motifs is 1. The molecule has 13 nitrogen and oxygen atoms in total. The molecule has 2 unspecified atom stereocenters. The summed E-state index contributed by atoms with van der Waals surface area (Å²) in [6, 6.07) is 10.2.